The maximum absolute atomic E-state index is 8.52. The van der Waals surface area contributed by atoms with Crippen LogP contribution in [0.15, 0.2) is 0 Å². The molecule has 0 amide bonds. The van der Waals surface area contributed by atoms with Crippen molar-refractivity contribution in [3.8, 4) is 0 Å². The maximum Gasteiger partial charge on any atom is 2.00 e. The summed E-state index contributed by atoms with van der Waals surface area (Å²) in [5, 5.41) is 0. The van der Waals surface area contributed by atoms with E-state index in [1.165, 1.54) is 0 Å². The molecule has 0 aliphatic rings. The molecule has 0 N–H and O–H groups in total. The van der Waals surface area contributed by atoms with Gasteiger partial charge in [0.05, 0.1) is 0 Å². The number of hydrogen-bond donors (Lipinski definition) is 0. The molecule has 0 rings (SSSR count). The summed E-state index contributed by atoms with van der Waals surface area (Å²) in [6.45, 7) is 0. The summed E-state index contributed by atoms with van der Waals surface area (Å²) in [6.07, 6.45) is 0. The molecule has 0 unspecified atom stereocenters. The van der Waals surface area contributed by atoms with Gasteiger partial charge in [-0.15, -0.1) is 0 Å². The van der Waals surface area contributed by atoms with Gasteiger partial charge in [0.1, 0.15) is 0 Å². The van der Waals surface area contributed by atoms with Crippen LogP contribution in [0.25, 0.3) is 0 Å². The molecule has 0 saturated heterocycles. The summed E-state index contributed by atoms with van der Waals surface area (Å²) in [6, 6.07) is 0. The minimum Gasteiger partial charge on any atom is -0.759 e. The Morgan fingerprint density at radius 2 is 0.583 bits per heavy atom. The zero-order valence-electron chi connectivity index (χ0n) is 4.71. The third kappa shape index (κ3) is 1920. The molecule has 0 aromatic heterocycles. The van der Waals surface area contributed by atoms with E-state index in [1.54, 1.807) is 0 Å². The normalized spacial score (nSPS) is 9.67. The standard InChI is InChI=1S/2Ni.2H2O4S/c;;2*1-5(2,3)4/h;;2*(H2,1,2,3,4)/q2*+2;;/p-4. The summed E-state index contributed by atoms with van der Waals surface area (Å²) < 4.78 is 68.2. The van der Waals surface area contributed by atoms with Gasteiger partial charge in [0.15, 0.2) is 0 Å². The Hall–Kier alpha value is 0.727. The second-order valence-corrected chi connectivity index (χ2v) is 2.45. The smallest absolute Gasteiger partial charge is 0.759 e. The zero-order chi connectivity index (χ0) is 9.00. The monoisotopic (exact) mass is 308 g/mol. The molecular formula is Ni2O8S2. The van der Waals surface area contributed by atoms with Gasteiger partial charge in [-0.3, -0.25) is 16.8 Å². The first-order chi connectivity index (χ1) is 4.00. The predicted molar refractivity (Wildman–Crippen MR) is 20.9 cm³/mol. The largest absolute Gasteiger partial charge is 2.00 e. The minimum atomic E-state index is -5.17. The van der Waals surface area contributed by atoms with E-state index >= 15 is 0 Å². The van der Waals surface area contributed by atoms with Crippen LogP contribution in [0.3, 0.4) is 0 Å². The van der Waals surface area contributed by atoms with Crippen LogP contribution in [-0.2, 0) is 53.8 Å². The van der Waals surface area contributed by atoms with Crippen molar-refractivity contribution >= 4 is 20.8 Å². The summed E-state index contributed by atoms with van der Waals surface area (Å²) in [4.78, 5) is 0. The summed E-state index contributed by atoms with van der Waals surface area (Å²) in [5.41, 5.74) is 0. The molecule has 12 heavy (non-hydrogen) atoms. The van der Waals surface area contributed by atoms with Gasteiger partial charge < -0.3 is 18.2 Å². The summed E-state index contributed by atoms with van der Waals surface area (Å²) >= 11 is 0. The molecule has 0 saturated carbocycles. The fourth-order valence-electron chi connectivity index (χ4n) is 0. The van der Waals surface area contributed by atoms with E-state index in [-0.39, 0.29) is 33.0 Å². The average Bonchev–Trinajstić information content (AvgIpc) is 1.12. The molecule has 12 heteroatoms. The molecule has 0 atom stereocenters. The van der Waals surface area contributed by atoms with Crippen LogP contribution in [0.1, 0.15) is 0 Å². The van der Waals surface area contributed by atoms with Gasteiger partial charge in [-0.25, -0.2) is 0 Å². The fraction of sp³-hybridized carbons (Fsp3) is 0. The Morgan fingerprint density at radius 1 is 0.583 bits per heavy atom. The van der Waals surface area contributed by atoms with E-state index < -0.39 is 20.8 Å². The van der Waals surface area contributed by atoms with Crippen molar-refractivity contribution in [3.63, 3.8) is 0 Å². The van der Waals surface area contributed by atoms with Gasteiger partial charge in [-0.05, 0) is 0 Å². The van der Waals surface area contributed by atoms with Gasteiger partial charge in [-0.2, -0.15) is 0 Å². The molecule has 0 aromatic carbocycles. The second kappa shape index (κ2) is 8.33. The third-order valence-corrected chi connectivity index (χ3v) is 0. The van der Waals surface area contributed by atoms with E-state index in [9.17, 15) is 0 Å². The van der Waals surface area contributed by atoms with Crippen molar-refractivity contribution in [2.45, 2.75) is 0 Å². The number of rotatable bonds is 0. The van der Waals surface area contributed by atoms with Crippen molar-refractivity contribution in [2.75, 3.05) is 0 Å². The van der Waals surface area contributed by atoms with Crippen LogP contribution in [0, 0.1) is 0 Å². The zero-order valence-corrected chi connectivity index (χ0v) is 8.32. The Morgan fingerprint density at radius 3 is 0.583 bits per heavy atom. The van der Waals surface area contributed by atoms with Gasteiger partial charge in [-0.1, -0.05) is 0 Å². The van der Waals surface area contributed by atoms with Gasteiger partial charge in [0, 0.05) is 20.8 Å². The first-order valence-corrected chi connectivity index (χ1v) is 4.00. The quantitative estimate of drug-likeness (QED) is 0.265. The third-order valence-electron chi connectivity index (χ3n) is 0. The van der Waals surface area contributed by atoms with Crippen LogP contribution in [0.5, 0.6) is 0 Å². The Bertz CT molecular complexity index is 211. The molecule has 0 spiro atoms. The first-order valence-electron chi connectivity index (χ1n) is 1.33. The molecule has 8 nitrogen and oxygen atoms in total. The van der Waals surface area contributed by atoms with Crippen LogP contribution in [0.4, 0.5) is 0 Å². The SMILES string of the molecule is O=S(=O)([O-])[O-].O=S(=O)([O-])[O-].[Ni+2].[Ni+2]. The molecule has 0 fully saturated rings. The predicted octanol–water partition coefficient (Wildman–Crippen LogP) is -2.68. The van der Waals surface area contributed by atoms with Crippen molar-refractivity contribution in [2.24, 2.45) is 0 Å². The molecule has 0 heterocycles. The van der Waals surface area contributed by atoms with Crippen LogP contribution in [0.2, 0.25) is 0 Å². The average molecular weight is 310 g/mol. The summed E-state index contributed by atoms with van der Waals surface area (Å²) in [5.74, 6) is 0. The Balaban J connectivity index is -0.0000000457. The first kappa shape index (κ1) is 23.0. The van der Waals surface area contributed by atoms with Crippen molar-refractivity contribution < 1.29 is 68.0 Å². The molecule has 0 aliphatic carbocycles. The van der Waals surface area contributed by atoms with E-state index in [2.05, 4.69) is 0 Å². The molecular weight excluding hydrogens is 310 g/mol. The van der Waals surface area contributed by atoms with Gasteiger partial charge >= 0.3 is 33.0 Å². The van der Waals surface area contributed by atoms with E-state index in [0.717, 1.165) is 0 Å². The molecule has 0 aromatic rings. The van der Waals surface area contributed by atoms with Crippen LogP contribution in [-0.4, -0.2) is 35.0 Å². The van der Waals surface area contributed by atoms with Crippen molar-refractivity contribution in [3.05, 3.63) is 0 Å². The summed E-state index contributed by atoms with van der Waals surface area (Å²) in [7, 11) is -10.3. The Kier molecular flexibility index (Phi) is 16.0. The molecule has 0 radical (unpaired) electrons. The van der Waals surface area contributed by atoms with E-state index in [0.29, 0.717) is 0 Å². The van der Waals surface area contributed by atoms with Crippen LogP contribution < -0.4 is 0 Å². The fourth-order valence-corrected chi connectivity index (χ4v) is 0. The van der Waals surface area contributed by atoms with E-state index in [1.807, 2.05) is 0 Å². The van der Waals surface area contributed by atoms with Crippen molar-refractivity contribution in [1.82, 2.24) is 0 Å². The second-order valence-electron chi connectivity index (χ2n) is 0.816. The molecule has 80 valence electrons. The van der Waals surface area contributed by atoms with E-state index in [4.69, 9.17) is 35.0 Å². The van der Waals surface area contributed by atoms with Gasteiger partial charge in [0.25, 0.3) is 0 Å². The Labute approximate surface area is 88.7 Å². The van der Waals surface area contributed by atoms with Crippen LogP contribution >= 0.6 is 0 Å². The minimum absolute atomic E-state index is 0. The van der Waals surface area contributed by atoms with Crippen molar-refractivity contribution in [1.29, 1.82) is 0 Å². The molecule has 0 bridgehead atoms. The van der Waals surface area contributed by atoms with Gasteiger partial charge in [0.2, 0.25) is 0 Å². The number of hydrogen-bond acceptors (Lipinski definition) is 8. The topological polar surface area (TPSA) is 161 Å². The maximum atomic E-state index is 8.52. The molecule has 0 aliphatic heterocycles.